The summed E-state index contributed by atoms with van der Waals surface area (Å²) in [6.45, 7) is 7.55. The highest BCUT2D eigenvalue weighted by Crippen LogP contribution is 2.17. The van der Waals surface area contributed by atoms with Gasteiger partial charge in [-0.1, -0.05) is 103 Å². The van der Waals surface area contributed by atoms with Gasteiger partial charge in [-0.2, -0.15) is 0 Å². The Morgan fingerprint density at radius 2 is 1.07 bits per heavy atom. The molecule has 0 unspecified atom stereocenters. The molecule has 0 atom stereocenters. The van der Waals surface area contributed by atoms with Crippen molar-refractivity contribution in [1.82, 2.24) is 0 Å². The van der Waals surface area contributed by atoms with E-state index in [1.165, 1.54) is 89.5 Å². The van der Waals surface area contributed by atoms with Gasteiger partial charge in [0.25, 0.3) is 0 Å². The minimum Gasteiger partial charge on any atom is -0.463 e. The van der Waals surface area contributed by atoms with Crippen molar-refractivity contribution in [3.05, 3.63) is 12.7 Å². The lowest BCUT2D eigenvalue weighted by atomic mass is 10.0. The number of ether oxygens (including phenoxy) is 1. The van der Waals surface area contributed by atoms with Crippen LogP contribution in [0.3, 0.4) is 0 Å². The predicted octanol–water partition coefficient (Wildman–Crippen LogP) is 8.13. The maximum atomic E-state index is 13.5. The molecule has 0 rings (SSSR count). The molecule has 0 amide bonds. The lowest BCUT2D eigenvalue weighted by Gasteiger charge is -2.09. The van der Waals surface area contributed by atoms with Crippen molar-refractivity contribution in [1.29, 1.82) is 0 Å². The first-order chi connectivity index (χ1) is 13.0. The second-order valence-corrected chi connectivity index (χ2v) is 12.4. The molecule has 0 aliphatic carbocycles. The zero-order valence-corrected chi connectivity index (χ0v) is 19.2. The van der Waals surface area contributed by atoms with Crippen molar-refractivity contribution in [3.8, 4) is 0 Å². The Morgan fingerprint density at radius 1 is 0.741 bits per heavy atom. The number of halogens is 1. The van der Waals surface area contributed by atoms with E-state index in [1.807, 2.05) is 13.1 Å². The van der Waals surface area contributed by atoms with Crippen molar-refractivity contribution in [3.63, 3.8) is 0 Å². The van der Waals surface area contributed by atoms with Crippen LogP contribution in [0.1, 0.15) is 103 Å². The summed E-state index contributed by atoms with van der Waals surface area (Å²) >= 11 is 0. The van der Waals surface area contributed by atoms with Crippen LogP contribution in [0.4, 0.5) is 4.11 Å². The monoisotopic (exact) mass is 400 g/mol. The summed E-state index contributed by atoms with van der Waals surface area (Å²) in [6.07, 6.45) is 21.8. The molecule has 0 heterocycles. The van der Waals surface area contributed by atoms with Crippen LogP contribution in [0.25, 0.3) is 0 Å². The first-order valence-electron chi connectivity index (χ1n) is 11.4. The van der Waals surface area contributed by atoms with Gasteiger partial charge in [-0.3, -0.25) is 0 Å². The van der Waals surface area contributed by atoms with Crippen LogP contribution in [-0.2, 0) is 9.53 Å². The van der Waals surface area contributed by atoms with Gasteiger partial charge in [-0.05, 0) is 25.6 Å². The number of carbonyl (C=O) groups is 1. The molecule has 0 aliphatic heterocycles. The molecule has 0 N–H and O–H groups in total. The van der Waals surface area contributed by atoms with Crippen LogP contribution in [0.15, 0.2) is 12.7 Å². The zero-order valence-electron chi connectivity index (χ0n) is 18.2. The molecule has 0 aromatic rings. The summed E-state index contributed by atoms with van der Waals surface area (Å²) in [5.74, 6) is -0.311. The lowest BCUT2D eigenvalue weighted by molar-refractivity contribution is -0.137. The molecule has 0 aromatic heterocycles. The van der Waals surface area contributed by atoms with E-state index in [0.717, 1.165) is 25.3 Å². The van der Waals surface area contributed by atoms with E-state index in [0.29, 0.717) is 6.61 Å². The molecule has 0 spiro atoms. The average Bonchev–Trinajstić information content (AvgIpc) is 2.62. The van der Waals surface area contributed by atoms with E-state index >= 15 is 0 Å². The zero-order chi connectivity index (χ0) is 20.2. The normalized spacial score (nSPS) is 11.5. The summed E-state index contributed by atoms with van der Waals surface area (Å²) < 4.78 is 18.4. The van der Waals surface area contributed by atoms with Crippen molar-refractivity contribution < 1.29 is 13.6 Å². The molecule has 0 saturated carbocycles. The quantitative estimate of drug-likeness (QED) is 0.0677. The summed E-state index contributed by atoms with van der Waals surface area (Å²) in [5, 5.41) is 0. The first-order valence-corrected chi connectivity index (χ1v) is 14.5. The van der Waals surface area contributed by atoms with Crippen molar-refractivity contribution >= 4 is 14.4 Å². The van der Waals surface area contributed by atoms with Gasteiger partial charge in [0, 0.05) is 6.08 Å². The molecule has 0 radical (unpaired) electrons. The molecule has 160 valence electrons. The molecule has 0 fully saturated rings. The van der Waals surface area contributed by atoms with Gasteiger partial charge in [0.2, 0.25) is 8.41 Å². The maximum Gasteiger partial charge on any atom is 0.330 e. The molecule has 0 saturated heterocycles. The number of esters is 1. The standard InChI is InChI=1S/C23H45FO2Si/c1-4-23(25)26-21-19-17-15-13-11-9-7-5-6-8-10-12-14-16-18-20-22-27(2,3)24/h4H,1,5-22H2,2-3H3. The Bertz CT molecular complexity index is 353. The van der Waals surface area contributed by atoms with Gasteiger partial charge in [0.05, 0.1) is 6.61 Å². The minimum atomic E-state index is -2.29. The van der Waals surface area contributed by atoms with E-state index in [1.54, 1.807) is 0 Å². The Kier molecular flexibility index (Phi) is 18.3. The second kappa shape index (κ2) is 18.7. The molecular formula is C23H45FO2Si. The molecule has 0 aliphatic rings. The Hall–Kier alpha value is -0.643. The number of hydrogen-bond donors (Lipinski definition) is 0. The summed E-state index contributed by atoms with van der Waals surface area (Å²) in [4.78, 5) is 10.9. The fourth-order valence-corrected chi connectivity index (χ4v) is 4.44. The van der Waals surface area contributed by atoms with E-state index in [2.05, 4.69) is 6.58 Å². The van der Waals surface area contributed by atoms with Gasteiger partial charge in [0.15, 0.2) is 0 Å². The van der Waals surface area contributed by atoms with E-state index < -0.39 is 8.41 Å². The minimum absolute atomic E-state index is 0.311. The lowest BCUT2D eigenvalue weighted by Crippen LogP contribution is -2.16. The largest absolute Gasteiger partial charge is 0.463 e. The number of hydrogen-bond acceptors (Lipinski definition) is 2. The van der Waals surface area contributed by atoms with Crippen molar-refractivity contribution in [2.24, 2.45) is 0 Å². The van der Waals surface area contributed by atoms with Crippen molar-refractivity contribution in [2.75, 3.05) is 6.61 Å². The number of rotatable bonds is 20. The smallest absolute Gasteiger partial charge is 0.330 e. The Balaban J connectivity index is 3.07. The van der Waals surface area contributed by atoms with Crippen LogP contribution >= 0.6 is 0 Å². The highest BCUT2D eigenvalue weighted by atomic mass is 28.4. The Labute approximate surface area is 169 Å². The van der Waals surface area contributed by atoms with E-state index in [9.17, 15) is 8.90 Å². The Morgan fingerprint density at radius 3 is 1.41 bits per heavy atom. The molecule has 4 heteroatoms. The summed E-state index contributed by atoms with van der Waals surface area (Å²) in [6, 6.07) is 0.845. The number of unbranched alkanes of at least 4 members (excludes halogenated alkanes) is 15. The summed E-state index contributed by atoms with van der Waals surface area (Å²) in [5.41, 5.74) is 0. The summed E-state index contributed by atoms with van der Waals surface area (Å²) in [7, 11) is -2.29. The highest BCUT2D eigenvalue weighted by molar-refractivity contribution is 6.70. The second-order valence-electron chi connectivity index (χ2n) is 8.50. The van der Waals surface area contributed by atoms with Gasteiger partial charge >= 0.3 is 5.97 Å². The van der Waals surface area contributed by atoms with E-state index in [4.69, 9.17) is 4.74 Å². The highest BCUT2D eigenvalue weighted by Gasteiger charge is 2.18. The third-order valence-electron chi connectivity index (χ3n) is 5.08. The third kappa shape index (κ3) is 23.3. The van der Waals surface area contributed by atoms with Gasteiger partial charge in [-0.15, -0.1) is 0 Å². The molecular weight excluding hydrogens is 355 g/mol. The van der Waals surface area contributed by atoms with Crippen LogP contribution in [0.2, 0.25) is 19.1 Å². The van der Waals surface area contributed by atoms with Gasteiger partial charge in [-0.25, -0.2) is 4.79 Å². The van der Waals surface area contributed by atoms with E-state index in [-0.39, 0.29) is 5.97 Å². The fraction of sp³-hybridized carbons (Fsp3) is 0.870. The number of carbonyl (C=O) groups excluding carboxylic acids is 1. The molecule has 2 nitrogen and oxygen atoms in total. The SMILES string of the molecule is C=CC(=O)OCCCCCCCCCCCCCCCCCC[Si](C)(C)F. The van der Waals surface area contributed by atoms with Crippen LogP contribution < -0.4 is 0 Å². The van der Waals surface area contributed by atoms with Gasteiger partial charge < -0.3 is 8.84 Å². The van der Waals surface area contributed by atoms with Gasteiger partial charge in [0.1, 0.15) is 0 Å². The topological polar surface area (TPSA) is 26.3 Å². The van der Waals surface area contributed by atoms with Crippen LogP contribution in [0.5, 0.6) is 0 Å². The van der Waals surface area contributed by atoms with Crippen molar-refractivity contribution in [2.45, 2.75) is 122 Å². The third-order valence-corrected chi connectivity index (χ3v) is 6.62. The van der Waals surface area contributed by atoms with Crippen LogP contribution in [0, 0.1) is 0 Å². The predicted molar refractivity (Wildman–Crippen MR) is 118 cm³/mol. The molecule has 27 heavy (non-hydrogen) atoms. The van der Waals surface area contributed by atoms with Crippen LogP contribution in [-0.4, -0.2) is 21.0 Å². The first kappa shape index (κ1) is 26.4. The molecule has 0 aromatic carbocycles. The maximum absolute atomic E-state index is 13.5. The fourth-order valence-electron chi connectivity index (χ4n) is 3.35. The molecule has 0 bridgehead atoms. The average molecular weight is 401 g/mol.